The van der Waals surface area contributed by atoms with E-state index in [1.54, 1.807) is 6.07 Å². The van der Waals surface area contributed by atoms with E-state index in [-0.39, 0.29) is 11.3 Å². The van der Waals surface area contributed by atoms with E-state index in [0.29, 0.717) is 11.4 Å². The van der Waals surface area contributed by atoms with Gasteiger partial charge in [-0.2, -0.15) is 0 Å². The minimum absolute atomic E-state index is 0.0275. The second kappa shape index (κ2) is 5.38. The molecule has 0 amide bonds. The van der Waals surface area contributed by atoms with E-state index in [1.807, 2.05) is 30.3 Å². The number of non-ortho nitro benzene ring substituents is 1. The summed E-state index contributed by atoms with van der Waals surface area (Å²) in [6.07, 6.45) is 1.30. The van der Waals surface area contributed by atoms with E-state index < -0.39 is 21.2 Å². The van der Waals surface area contributed by atoms with Crippen molar-refractivity contribution in [2.45, 2.75) is 0 Å². The van der Waals surface area contributed by atoms with Crippen molar-refractivity contribution in [3.8, 4) is 11.5 Å². The van der Waals surface area contributed by atoms with Crippen molar-refractivity contribution in [3.63, 3.8) is 0 Å². The number of fused-ring (bicyclic) bond motifs is 4. The summed E-state index contributed by atoms with van der Waals surface area (Å²) < 4.78 is 5.86. The number of ether oxygens (including phenoxy) is 1. The first-order chi connectivity index (χ1) is 12.0. The first-order valence-corrected chi connectivity index (χ1v) is 7.25. The maximum absolute atomic E-state index is 11.3. The Kier molecular flexibility index (Phi) is 3.17. The van der Waals surface area contributed by atoms with Gasteiger partial charge in [-0.15, -0.1) is 0 Å². The van der Waals surface area contributed by atoms with Gasteiger partial charge < -0.3 is 4.74 Å². The van der Waals surface area contributed by atoms with Gasteiger partial charge >= 0.3 is 0 Å². The molecule has 0 saturated heterocycles. The summed E-state index contributed by atoms with van der Waals surface area (Å²) in [5.74, 6) is 0.433. The molecule has 25 heavy (non-hydrogen) atoms. The highest BCUT2D eigenvalue weighted by Crippen LogP contribution is 2.44. The predicted molar refractivity (Wildman–Crippen MR) is 91.0 cm³/mol. The van der Waals surface area contributed by atoms with Gasteiger partial charge in [0.05, 0.1) is 22.0 Å². The molecule has 3 aromatic carbocycles. The second-order valence-electron chi connectivity index (χ2n) is 5.39. The predicted octanol–water partition coefficient (Wildman–Crippen LogP) is 4.51. The Morgan fingerprint density at radius 3 is 2.52 bits per heavy atom. The van der Waals surface area contributed by atoms with Gasteiger partial charge in [-0.25, -0.2) is 0 Å². The van der Waals surface area contributed by atoms with Gasteiger partial charge in [-0.1, -0.05) is 30.3 Å². The molecule has 0 radical (unpaired) electrons. The number of nitro groups is 2. The number of nitro benzene ring substituents is 2. The Labute approximate surface area is 140 Å². The zero-order chi connectivity index (χ0) is 17.6. The fourth-order valence-electron chi connectivity index (χ4n) is 2.75. The van der Waals surface area contributed by atoms with Gasteiger partial charge in [0.15, 0.2) is 5.75 Å². The van der Waals surface area contributed by atoms with Crippen LogP contribution < -0.4 is 4.74 Å². The van der Waals surface area contributed by atoms with E-state index in [1.165, 1.54) is 12.3 Å². The van der Waals surface area contributed by atoms with Gasteiger partial charge in [0.1, 0.15) is 17.0 Å². The van der Waals surface area contributed by atoms with Gasteiger partial charge in [-0.3, -0.25) is 25.2 Å². The first kappa shape index (κ1) is 14.8. The molecule has 0 atom stereocenters. The molecule has 0 N–H and O–H groups in total. The number of hydrogen-bond acceptors (Lipinski definition) is 6. The molecule has 122 valence electrons. The van der Waals surface area contributed by atoms with Crippen LogP contribution in [0.25, 0.3) is 10.8 Å². The molecule has 0 aromatic heterocycles. The third kappa shape index (κ3) is 2.36. The minimum atomic E-state index is -0.692. The zero-order valence-corrected chi connectivity index (χ0v) is 12.6. The molecule has 0 bridgehead atoms. The van der Waals surface area contributed by atoms with Crippen LogP contribution in [0.15, 0.2) is 53.5 Å². The highest BCUT2D eigenvalue weighted by Gasteiger charge is 2.27. The highest BCUT2D eigenvalue weighted by atomic mass is 16.6. The number of aliphatic imine (C=N–C) groups is 1. The Morgan fingerprint density at radius 2 is 1.76 bits per heavy atom. The molecule has 4 rings (SSSR count). The van der Waals surface area contributed by atoms with Gasteiger partial charge in [0.25, 0.3) is 11.4 Å². The van der Waals surface area contributed by atoms with Crippen LogP contribution in [0, 0.1) is 20.2 Å². The lowest BCUT2D eigenvalue weighted by Gasteiger charge is -2.11. The fourth-order valence-corrected chi connectivity index (χ4v) is 2.75. The second-order valence-corrected chi connectivity index (χ2v) is 5.39. The summed E-state index contributed by atoms with van der Waals surface area (Å²) in [4.78, 5) is 25.3. The molecule has 0 fully saturated rings. The Hall–Kier alpha value is -3.81. The average molecular weight is 335 g/mol. The molecule has 3 aromatic rings. The van der Waals surface area contributed by atoms with Crippen molar-refractivity contribution >= 4 is 34.0 Å². The van der Waals surface area contributed by atoms with Gasteiger partial charge in [0.2, 0.25) is 0 Å². The summed E-state index contributed by atoms with van der Waals surface area (Å²) in [5.41, 5.74) is -0.254. The monoisotopic (exact) mass is 335 g/mol. The van der Waals surface area contributed by atoms with Gasteiger partial charge in [-0.05, 0) is 11.5 Å². The van der Waals surface area contributed by atoms with Crippen LogP contribution in [0.5, 0.6) is 11.5 Å². The summed E-state index contributed by atoms with van der Waals surface area (Å²) in [7, 11) is 0. The van der Waals surface area contributed by atoms with E-state index >= 15 is 0 Å². The molecule has 1 aliphatic heterocycles. The van der Waals surface area contributed by atoms with Crippen LogP contribution in [0.2, 0.25) is 0 Å². The van der Waals surface area contributed by atoms with Crippen LogP contribution in [0.4, 0.5) is 17.1 Å². The molecular formula is C17H9N3O5. The minimum Gasteiger partial charge on any atom is -0.453 e. The quantitative estimate of drug-likeness (QED) is 0.395. The molecular weight excluding hydrogens is 326 g/mol. The summed E-state index contributed by atoms with van der Waals surface area (Å²) in [6.45, 7) is 0. The summed E-state index contributed by atoms with van der Waals surface area (Å²) >= 11 is 0. The lowest BCUT2D eigenvalue weighted by Crippen LogP contribution is -1.99. The third-order valence-corrected chi connectivity index (χ3v) is 3.92. The molecule has 1 heterocycles. The van der Waals surface area contributed by atoms with Crippen molar-refractivity contribution in [3.05, 3.63) is 74.3 Å². The average Bonchev–Trinajstić information content (AvgIpc) is 2.79. The largest absolute Gasteiger partial charge is 0.453 e. The molecule has 0 spiro atoms. The van der Waals surface area contributed by atoms with E-state index in [4.69, 9.17) is 4.74 Å². The Morgan fingerprint density at radius 1 is 0.960 bits per heavy atom. The van der Waals surface area contributed by atoms with Crippen molar-refractivity contribution in [2.75, 3.05) is 0 Å². The zero-order valence-electron chi connectivity index (χ0n) is 12.6. The molecule has 0 unspecified atom stereocenters. The lowest BCUT2D eigenvalue weighted by atomic mass is 10.1. The van der Waals surface area contributed by atoms with Crippen molar-refractivity contribution < 1.29 is 14.6 Å². The number of hydrogen-bond donors (Lipinski definition) is 0. The van der Waals surface area contributed by atoms with Crippen LogP contribution >= 0.6 is 0 Å². The maximum atomic E-state index is 11.3. The van der Waals surface area contributed by atoms with Crippen molar-refractivity contribution in [1.82, 2.24) is 0 Å². The third-order valence-electron chi connectivity index (χ3n) is 3.92. The molecule has 0 aliphatic carbocycles. The van der Waals surface area contributed by atoms with E-state index in [0.717, 1.165) is 16.8 Å². The summed E-state index contributed by atoms with van der Waals surface area (Å²) in [5, 5.41) is 24.1. The maximum Gasteiger partial charge on any atom is 0.288 e. The standard InChI is InChI=1S/C17H9N3O5/c21-19(22)11-7-15(20(23)24)13-9-18-14-6-5-10-3-1-2-4-12(10)17(14)25-16(13)8-11/h1-9H. The fraction of sp³-hybridized carbons (Fsp3) is 0. The smallest absolute Gasteiger partial charge is 0.288 e. The van der Waals surface area contributed by atoms with E-state index in [9.17, 15) is 20.2 Å². The Bertz CT molecular complexity index is 1090. The number of benzene rings is 3. The summed E-state index contributed by atoms with van der Waals surface area (Å²) in [6, 6.07) is 13.1. The first-order valence-electron chi connectivity index (χ1n) is 7.25. The lowest BCUT2D eigenvalue weighted by molar-refractivity contribution is -0.394. The number of nitrogens with zero attached hydrogens (tertiary/aromatic N) is 3. The van der Waals surface area contributed by atoms with Crippen molar-refractivity contribution in [1.29, 1.82) is 0 Å². The number of rotatable bonds is 2. The van der Waals surface area contributed by atoms with Crippen LogP contribution in [-0.2, 0) is 0 Å². The van der Waals surface area contributed by atoms with Gasteiger partial charge in [0, 0.05) is 11.6 Å². The van der Waals surface area contributed by atoms with Crippen LogP contribution in [0.1, 0.15) is 5.56 Å². The Balaban J connectivity index is 2.00. The molecule has 1 aliphatic rings. The molecule has 8 nitrogen and oxygen atoms in total. The van der Waals surface area contributed by atoms with Crippen LogP contribution in [0.3, 0.4) is 0 Å². The van der Waals surface area contributed by atoms with Crippen molar-refractivity contribution in [2.24, 2.45) is 4.99 Å². The molecule has 0 saturated carbocycles. The molecule has 8 heteroatoms. The van der Waals surface area contributed by atoms with Crippen LogP contribution in [-0.4, -0.2) is 16.1 Å². The highest BCUT2D eigenvalue weighted by molar-refractivity contribution is 5.98. The SMILES string of the molecule is O=[N+]([O-])c1cc2c(c([N+](=O)[O-])c1)C=Nc1ccc3ccccc3c1O2. The normalized spacial score (nSPS) is 12.0. The topological polar surface area (TPSA) is 108 Å². The van der Waals surface area contributed by atoms with E-state index in [2.05, 4.69) is 4.99 Å².